The monoisotopic (exact) mass is 594 g/mol. The van der Waals surface area contributed by atoms with Crippen molar-refractivity contribution in [2.45, 2.75) is 38.9 Å². The van der Waals surface area contributed by atoms with Gasteiger partial charge in [-0.05, 0) is 51.0 Å². The Morgan fingerprint density at radius 3 is 2.44 bits per heavy atom. The molecule has 1 aliphatic heterocycles. The Morgan fingerprint density at radius 2 is 1.85 bits per heavy atom. The number of halogens is 4. The number of amides is 1. The maximum absolute atomic E-state index is 14.7. The van der Waals surface area contributed by atoms with Crippen molar-refractivity contribution in [1.29, 1.82) is 0 Å². The summed E-state index contributed by atoms with van der Waals surface area (Å²) in [5.41, 5.74) is 1.42. The summed E-state index contributed by atoms with van der Waals surface area (Å²) >= 11 is 1.43. The van der Waals surface area contributed by atoms with E-state index in [1.165, 1.54) is 17.4 Å². The van der Waals surface area contributed by atoms with E-state index in [0.717, 1.165) is 11.5 Å². The Kier molecular flexibility index (Phi) is 9.05. The van der Waals surface area contributed by atoms with Crippen LogP contribution in [0.5, 0.6) is 0 Å². The van der Waals surface area contributed by atoms with Gasteiger partial charge in [0.1, 0.15) is 17.4 Å². The SMILES string of the molecule is Cc1csc(NC(=O)C2CCN(c3nc(NC(C)c4ccco4)c4c(F)cccc4n3)CC2)n1.O=C(O)C(F)(F)F. The van der Waals surface area contributed by atoms with Gasteiger partial charge in [-0.1, -0.05) is 6.07 Å². The van der Waals surface area contributed by atoms with Gasteiger partial charge in [-0.2, -0.15) is 18.2 Å². The van der Waals surface area contributed by atoms with Crippen LogP contribution < -0.4 is 15.5 Å². The highest BCUT2D eigenvalue weighted by atomic mass is 32.1. The highest BCUT2D eigenvalue weighted by Gasteiger charge is 2.38. The lowest BCUT2D eigenvalue weighted by molar-refractivity contribution is -0.192. The molecule has 4 heterocycles. The first-order valence-electron chi connectivity index (χ1n) is 12.5. The molecule has 1 aromatic carbocycles. The molecule has 1 aliphatic rings. The maximum atomic E-state index is 14.7. The molecule has 0 spiro atoms. The van der Waals surface area contributed by atoms with Crippen LogP contribution in [0, 0.1) is 18.7 Å². The van der Waals surface area contributed by atoms with Crippen LogP contribution in [0.15, 0.2) is 46.4 Å². The minimum Gasteiger partial charge on any atom is -0.475 e. The molecular formula is C26H26F4N6O4S. The highest BCUT2D eigenvalue weighted by molar-refractivity contribution is 7.13. The van der Waals surface area contributed by atoms with Gasteiger partial charge in [0, 0.05) is 24.4 Å². The number of furan rings is 1. The summed E-state index contributed by atoms with van der Waals surface area (Å²) in [5, 5.41) is 16.2. The number of carbonyl (C=O) groups is 2. The van der Waals surface area contributed by atoms with Gasteiger partial charge in [0.2, 0.25) is 11.9 Å². The fourth-order valence-corrected chi connectivity index (χ4v) is 4.84. The Hall–Kier alpha value is -4.27. The van der Waals surface area contributed by atoms with Gasteiger partial charge < -0.3 is 25.1 Å². The average molecular weight is 595 g/mol. The number of thiazole rings is 1. The van der Waals surface area contributed by atoms with Gasteiger partial charge in [0.05, 0.1) is 28.9 Å². The van der Waals surface area contributed by atoms with Gasteiger partial charge in [-0.25, -0.2) is 19.2 Å². The fourth-order valence-electron chi connectivity index (χ4n) is 4.15. The molecule has 3 aromatic heterocycles. The van der Waals surface area contributed by atoms with Crippen molar-refractivity contribution < 1.29 is 36.7 Å². The van der Waals surface area contributed by atoms with Crippen molar-refractivity contribution in [2.24, 2.45) is 5.92 Å². The van der Waals surface area contributed by atoms with Crippen molar-refractivity contribution in [2.75, 3.05) is 28.6 Å². The second-order valence-electron chi connectivity index (χ2n) is 9.24. The van der Waals surface area contributed by atoms with E-state index < -0.39 is 12.1 Å². The Bertz CT molecular complexity index is 1500. The van der Waals surface area contributed by atoms with Crippen molar-refractivity contribution in [3.05, 3.63) is 59.2 Å². The van der Waals surface area contributed by atoms with Crippen LogP contribution in [0.25, 0.3) is 10.9 Å². The molecule has 41 heavy (non-hydrogen) atoms. The first-order chi connectivity index (χ1) is 19.4. The second kappa shape index (κ2) is 12.5. The molecule has 15 heteroatoms. The van der Waals surface area contributed by atoms with Gasteiger partial charge >= 0.3 is 12.1 Å². The molecule has 5 rings (SSSR count). The lowest BCUT2D eigenvalue weighted by Crippen LogP contribution is -2.39. The maximum Gasteiger partial charge on any atom is 0.490 e. The molecule has 1 fully saturated rings. The van der Waals surface area contributed by atoms with Gasteiger partial charge in [-0.15, -0.1) is 11.3 Å². The smallest absolute Gasteiger partial charge is 0.475 e. The number of aromatic nitrogens is 3. The standard InChI is InChI=1S/C24H25FN6O2S.C2HF3O2/c1-14-13-34-24(26-14)30-22(32)16-8-10-31(11-9-16)23-28-18-6-3-5-17(25)20(18)21(29-23)27-15(2)19-7-4-12-33-19;3-2(4,5)1(6)7/h3-7,12-13,15-16H,8-11H2,1-2H3,(H,26,30,32)(H,27,28,29);(H,6,7). The topological polar surface area (TPSA) is 133 Å². The summed E-state index contributed by atoms with van der Waals surface area (Å²) in [7, 11) is 0. The summed E-state index contributed by atoms with van der Waals surface area (Å²) in [4.78, 5) is 37.2. The largest absolute Gasteiger partial charge is 0.490 e. The Morgan fingerprint density at radius 1 is 1.15 bits per heavy atom. The van der Waals surface area contributed by atoms with Crippen LogP contribution in [0.4, 0.5) is 34.5 Å². The summed E-state index contributed by atoms with van der Waals surface area (Å²) in [6.07, 6.45) is -2.13. The Balaban J connectivity index is 0.000000493. The third kappa shape index (κ3) is 7.48. The number of hydrogen-bond acceptors (Lipinski definition) is 9. The number of carboxylic acids is 1. The van der Waals surface area contributed by atoms with E-state index in [0.29, 0.717) is 53.7 Å². The zero-order valence-corrected chi connectivity index (χ0v) is 22.7. The number of carboxylic acid groups (broad SMARTS) is 1. The van der Waals surface area contributed by atoms with Crippen molar-refractivity contribution in [3.8, 4) is 0 Å². The minimum absolute atomic E-state index is 0.00914. The number of aliphatic carboxylic acids is 1. The number of aryl methyl sites for hydroxylation is 1. The molecule has 1 atom stereocenters. The first-order valence-corrected chi connectivity index (χ1v) is 13.3. The average Bonchev–Trinajstić information content (AvgIpc) is 3.61. The molecule has 10 nitrogen and oxygen atoms in total. The van der Waals surface area contributed by atoms with E-state index in [1.807, 2.05) is 36.3 Å². The van der Waals surface area contributed by atoms with E-state index in [9.17, 15) is 22.4 Å². The number of nitrogens with one attached hydrogen (secondary N) is 2. The number of anilines is 3. The number of carbonyl (C=O) groups excluding carboxylic acids is 1. The van der Waals surface area contributed by atoms with E-state index in [4.69, 9.17) is 14.3 Å². The van der Waals surface area contributed by atoms with Crippen LogP contribution in [-0.4, -0.2) is 51.2 Å². The van der Waals surface area contributed by atoms with E-state index in [1.54, 1.807) is 18.4 Å². The van der Waals surface area contributed by atoms with Crippen molar-refractivity contribution in [1.82, 2.24) is 15.0 Å². The molecule has 3 N–H and O–H groups in total. The van der Waals surface area contributed by atoms with Crippen LogP contribution in [-0.2, 0) is 9.59 Å². The molecule has 218 valence electrons. The number of benzene rings is 1. The first kappa shape index (κ1) is 29.7. The number of piperidine rings is 1. The number of hydrogen-bond donors (Lipinski definition) is 3. The minimum atomic E-state index is -5.08. The van der Waals surface area contributed by atoms with E-state index in [-0.39, 0.29) is 23.7 Å². The summed E-state index contributed by atoms with van der Waals surface area (Å²) in [6.45, 7) is 5.09. The normalized spacial score (nSPS) is 14.7. The van der Waals surface area contributed by atoms with Crippen LogP contribution in [0.1, 0.15) is 37.3 Å². The molecule has 0 saturated carbocycles. The lowest BCUT2D eigenvalue weighted by atomic mass is 9.96. The molecule has 0 aliphatic carbocycles. The van der Waals surface area contributed by atoms with Crippen LogP contribution in [0.3, 0.4) is 0 Å². The second-order valence-corrected chi connectivity index (χ2v) is 10.1. The number of alkyl halides is 3. The number of nitrogens with zero attached hydrogens (tertiary/aromatic N) is 4. The van der Waals surface area contributed by atoms with Crippen molar-refractivity contribution >= 4 is 51.0 Å². The van der Waals surface area contributed by atoms with Gasteiger partial charge in [0.25, 0.3) is 0 Å². The number of fused-ring (bicyclic) bond motifs is 1. The molecule has 1 saturated heterocycles. The molecule has 0 radical (unpaired) electrons. The van der Waals surface area contributed by atoms with Gasteiger partial charge in [0.15, 0.2) is 5.13 Å². The quantitative estimate of drug-likeness (QED) is 0.237. The summed E-state index contributed by atoms with van der Waals surface area (Å²) in [6, 6.07) is 8.30. The summed E-state index contributed by atoms with van der Waals surface area (Å²) in [5.74, 6) is -1.59. The van der Waals surface area contributed by atoms with Crippen molar-refractivity contribution in [3.63, 3.8) is 0 Å². The molecule has 1 amide bonds. The lowest BCUT2D eigenvalue weighted by Gasteiger charge is -2.31. The predicted octanol–water partition coefficient (Wildman–Crippen LogP) is 5.79. The fraction of sp³-hybridized carbons (Fsp3) is 0.346. The zero-order chi connectivity index (χ0) is 29.7. The molecule has 0 bridgehead atoms. The third-order valence-corrected chi connectivity index (χ3v) is 7.10. The zero-order valence-electron chi connectivity index (χ0n) is 21.9. The third-order valence-electron chi connectivity index (χ3n) is 6.22. The Labute approximate surface area is 235 Å². The van der Waals surface area contributed by atoms with Crippen LogP contribution in [0.2, 0.25) is 0 Å². The molecular weight excluding hydrogens is 568 g/mol. The highest BCUT2D eigenvalue weighted by Crippen LogP contribution is 2.31. The predicted molar refractivity (Wildman–Crippen MR) is 144 cm³/mol. The van der Waals surface area contributed by atoms with E-state index in [2.05, 4.69) is 25.6 Å². The summed E-state index contributed by atoms with van der Waals surface area (Å²) < 4.78 is 51.9. The number of rotatable bonds is 6. The van der Waals surface area contributed by atoms with Gasteiger partial charge in [-0.3, -0.25) is 4.79 Å². The molecule has 4 aromatic rings. The molecule has 1 unspecified atom stereocenters. The van der Waals surface area contributed by atoms with Crippen LogP contribution >= 0.6 is 11.3 Å². The van der Waals surface area contributed by atoms with E-state index >= 15 is 0 Å².